The van der Waals surface area contributed by atoms with Crippen LogP contribution in [0.5, 0.6) is 0 Å². The van der Waals surface area contributed by atoms with Gasteiger partial charge in [-0.1, -0.05) is 0 Å². The fourth-order valence-electron chi connectivity index (χ4n) is 1.99. The van der Waals surface area contributed by atoms with Gasteiger partial charge in [0.05, 0.1) is 17.6 Å². The summed E-state index contributed by atoms with van der Waals surface area (Å²) in [7, 11) is 0. The van der Waals surface area contributed by atoms with Crippen molar-refractivity contribution in [2.24, 2.45) is 0 Å². The molecule has 0 aromatic carbocycles. The molecule has 3 aromatic rings. The molecule has 19 heavy (non-hydrogen) atoms. The van der Waals surface area contributed by atoms with Crippen molar-refractivity contribution in [2.75, 3.05) is 5.32 Å². The maximum Gasteiger partial charge on any atom is 0.291 e. The number of imidazole rings is 1. The minimum absolute atomic E-state index is 0.251. The predicted octanol–water partition coefficient (Wildman–Crippen LogP) is 2.80. The van der Waals surface area contributed by atoms with Crippen molar-refractivity contribution in [1.29, 1.82) is 0 Å². The first-order chi connectivity index (χ1) is 9.13. The number of furan rings is 1. The fourth-order valence-corrected chi connectivity index (χ4v) is 1.99. The summed E-state index contributed by atoms with van der Waals surface area (Å²) in [5.74, 6) is 0.0839. The zero-order valence-electron chi connectivity index (χ0n) is 10.7. The number of amides is 1. The maximum atomic E-state index is 12.0. The third kappa shape index (κ3) is 2.10. The van der Waals surface area contributed by atoms with E-state index < -0.39 is 0 Å². The summed E-state index contributed by atoms with van der Waals surface area (Å²) in [6, 6.07) is 5.44. The van der Waals surface area contributed by atoms with Crippen LogP contribution < -0.4 is 5.32 Å². The number of hydrogen-bond donors (Lipinski definition) is 1. The molecule has 3 aromatic heterocycles. The Hall–Kier alpha value is -2.56. The monoisotopic (exact) mass is 255 g/mol. The Bertz CT molecular complexity index is 755. The first-order valence-electron chi connectivity index (χ1n) is 5.94. The number of nitrogens with zero attached hydrogens (tertiary/aromatic N) is 2. The molecule has 0 unspecified atom stereocenters. The molecule has 0 saturated carbocycles. The molecular formula is C14H13N3O2. The average Bonchev–Trinajstić information content (AvgIpc) is 2.93. The fraction of sp³-hybridized carbons (Fsp3) is 0.143. The van der Waals surface area contributed by atoms with Gasteiger partial charge in [-0.15, -0.1) is 0 Å². The van der Waals surface area contributed by atoms with E-state index in [4.69, 9.17) is 4.42 Å². The second-order valence-corrected chi connectivity index (χ2v) is 4.45. The normalized spacial score (nSPS) is 10.8. The molecule has 96 valence electrons. The first-order valence-corrected chi connectivity index (χ1v) is 5.94. The second-order valence-electron chi connectivity index (χ2n) is 4.45. The lowest BCUT2D eigenvalue weighted by molar-refractivity contribution is 0.0996. The summed E-state index contributed by atoms with van der Waals surface area (Å²) >= 11 is 0. The SMILES string of the molecule is Cc1cn2cc(NC(=O)c3occc3C)ccc2n1. The highest BCUT2D eigenvalue weighted by molar-refractivity contribution is 6.03. The van der Waals surface area contributed by atoms with Crippen molar-refractivity contribution >= 4 is 17.2 Å². The standard InChI is InChI=1S/C14H13N3O2/c1-9-5-6-19-13(9)14(18)16-11-3-4-12-15-10(2)7-17(12)8-11/h3-8H,1-2H3,(H,16,18). The van der Waals surface area contributed by atoms with Gasteiger partial charge in [-0.2, -0.15) is 0 Å². The number of pyridine rings is 1. The van der Waals surface area contributed by atoms with Crippen molar-refractivity contribution in [3.05, 3.63) is 53.9 Å². The summed E-state index contributed by atoms with van der Waals surface area (Å²) in [6.45, 7) is 3.76. The molecule has 5 heteroatoms. The zero-order chi connectivity index (χ0) is 13.4. The summed E-state index contributed by atoms with van der Waals surface area (Å²) in [4.78, 5) is 16.3. The van der Waals surface area contributed by atoms with E-state index in [0.29, 0.717) is 11.4 Å². The number of carbonyl (C=O) groups is 1. The molecule has 1 N–H and O–H groups in total. The average molecular weight is 255 g/mol. The van der Waals surface area contributed by atoms with Gasteiger partial charge in [-0.3, -0.25) is 4.79 Å². The van der Waals surface area contributed by atoms with Crippen LogP contribution in [0.25, 0.3) is 5.65 Å². The quantitative estimate of drug-likeness (QED) is 0.766. The Labute approximate surface area is 109 Å². The molecule has 0 radical (unpaired) electrons. The van der Waals surface area contributed by atoms with Crippen molar-refractivity contribution in [3.63, 3.8) is 0 Å². The van der Waals surface area contributed by atoms with Crippen LogP contribution in [0.3, 0.4) is 0 Å². The second kappa shape index (κ2) is 4.28. The van der Waals surface area contributed by atoms with Gasteiger partial charge in [0, 0.05) is 18.0 Å². The topological polar surface area (TPSA) is 59.5 Å². The van der Waals surface area contributed by atoms with Gasteiger partial charge in [-0.05, 0) is 32.0 Å². The Balaban J connectivity index is 1.89. The van der Waals surface area contributed by atoms with Gasteiger partial charge in [0.15, 0.2) is 5.76 Å². The van der Waals surface area contributed by atoms with E-state index in [2.05, 4.69) is 10.3 Å². The number of fused-ring (bicyclic) bond motifs is 1. The van der Waals surface area contributed by atoms with Gasteiger partial charge >= 0.3 is 0 Å². The maximum absolute atomic E-state index is 12.0. The molecule has 0 aliphatic carbocycles. The third-order valence-electron chi connectivity index (χ3n) is 2.90. The molecule has 3 rings (SSSR count). The number of aromatic nitrogens is 2. The predicted molar refractivity (Wildman–Crippen MR) is 71.3 cm³/mol. The molecule has 0 bridgehead atoms. The van der Waals surface area contributed by atoms with Crippen LogP contribution >= 0.6 is 0 Å². The van der Waals surface area contributed by atoms with E-state index in [-0.39, 0.29) is 5.91 Å². The molecule has 1 amide bonds. The number of carbonyl (C=O) groups excluding carboxylic acids is 1. The molecule has 3 heterocycles. The first kappa shape index (κ1) is 11.5. The Morgan fingerprint density at radius 2 is 2.11 bits per heavy atom. The number of nitrogens with one attached hydrogen (secondary N) is 1. The number of aryl methyl sites for hydroxylation is 2. The molecule has 5 nitrogen and oxygen atoms in total. The molecule has 0 aliphatic heterocycles. The van der Waals surface area contributed by atoms with Crippen LogP contribution in [0.4, 0.5) is 5.69 Å². The highest BCUT2D eigenvalue weighted by atomic mass is 16.3. The van der Waals surface area contributed by atoms with Crippen LogP contribution in [0.1, 0.15) is 21.8 Å². The molecule has 0 saturated heterocycles. The molecule has 0 aliphatic rings. The largest absolute Gasteiger partial charge is 0.459 e. The molecule has 0 fully saturated rings. The zero-order valence-corrected chi connectivity index (χ0v) is 10.7. The molecular weight excluding hydrogens is 242 g/mol. The van der Waals surface area contributed by atoms with E-state index in [1.807, 2.05) is 42.8 Å². The number of rotatable bonds is 2. The van der Waals surface area contributed by atoms with E-state index in [9.17, 15) is 4.79 Å². The lowest BCUT2D eigenvalue weighted by Gasteiger charge is -2.04. The smallest absolute Gasteiger partial charge is 0.291 e. The van der Waals surface area contributed by atoms with Crippen LogP contribution in [-0.2, 0) is 0 Å². The minimum Gasteiger partial charge on any atom is -0.459 e. The summed E-state index contributed by atoms with van der Waals surface area (Å²) in [5.41, 5.74) is 3.30. The summed E-state index contributed by atoms with van der Waals surface area (Å²) in [5, 5.41) is 2.81. The number of anilines is 1. The van der Waals surface area contributed by atoms with Gasteiger partial charge in [0.2, 0.25) is 0 Å². The lowest BCUT2D eigenvalue weighted by atomic mass is 10.2. The Morgan fingerprint density at radius 1 is 1.26 bits per heavy atom. The molecule has 0 atom stereocenters. The van der Waals surface area contributed by atoms with Crippen LogP contribution in [0.2, 0.25) is 0 Å². The van der Waals surface area contributed by atoms with Gasteiger partial charge in [0.25, 0.3) is 5.91 Å². The van der Waals surface area contributed by atoms with Crippen LogP contribution in [0.15, 0.2) is 41.3 Å². The van der Waals surface area contributed by atoms with Crippen molar-refractivity contribution < 1.29 is 9.21 Å². The number of hydrogen-bond acceptors (Lipinski definition) is 3. The highest BCUT2D eigenvalue weighted by Gasteiger charge is 2.12. The van der Waals surface area contributed by atoms with Crippen molar-refractivity contribution in [3.8, 4) is 0 Å². The molecule has 0 spiro atoms. The van der Waals surface area contributed by atoms with E-state index in [0.717, 1.165) is 16.9 Å². The van der Waals surface area contributed by atoms with E-state index >= 15 is 0 Å². The summed E-state index contributed by atoms with van der Waals surface area (Å²) in [6.07, 6.45) is 5.24. The van der Waals surface area contributed by atoms with E-state index in [1.165, 1.54) is 6.26 Å². The summed E-state index contributed by atoms with van der Waals surface area (Å²) < 4.78 is 7.03. The minimum atomic E-state index is -0.251. The lowest BCUT2D eigenvalue weighted by Crippen LogP contribution is -2.12. The van der Waals surface area contributed by atoms with Gasteiger partial charge in [-0.25, -0.2) is 4.98 Å². The van der Waals surface area contributed by atoms with E-state index in [1.54, 1.807) is 6.07 Å². The van der Waals surface area contributed by atoms with Crippen molar-refractivity contribution in [1.82, 2.24) is 9.38 Å². The Morgan fingerprint density at radius 3 is 2.84 bits per heavy atom. The Kier molecular flexibility index (Phi) is 2.59. The van der Waals surface area contributed by atoms with Crippen molar-refractivity contribution in [2.45, 2.75) is 13.8 Å². The van der Waals surface area contributed by atoms with Crippen LogP contribution in [0, 0.1) is 13.8 Å². The van der Waals surface area contributed by atoms with Gasteiger partial charge in [0.1, 0.15) is 5.65 Å². The van der Waals surface area contributed by atoms with Gasteiger partial charge < -0.3 is 14.1 Å². The highest BCUT2D eigenvalue weighted by Crippen LogP contribution is 2.15. The van der Waals surface area contributed by atoms with Crippen LogP contribution in [-0.4, -0.2) is 15.3 Å². The third-order valence-corrected chi connectivity index (χ3v) is 2.90.